The SMILES string of the molecule is O=C(O)C1(Cc2cnsn2)CCCN1. The molecule has 2 N–H and O–H groups in total. The zero-order valence-electron chi connectivity index (χ0n) is 7.56. The molecule has 1 unspecified atom stereocenters. The first-order valence-corrected chi connectivity index (χ1v) is 5.21. The first kappa shape index (κ1) is 9.54. The molecule has 1 fully saturated rings. The lowest BCUT2D eigenvalue weighted by molar-refractivity contribution is -0.144. The summed E-state index contributed by atoms with van der Waals surface area (Å²) in [5, 5.41) is 12.2. The average Bonchev–Trinajstić information content (AvgIpc) is 2.76. The van der Waals surface area contributed by atoms with E-state index in [0.29, 0.717) is 12.8 Å². The molecule has 0 aromatic carbocycles. The first-order valence-electron chi connectivity index (χ1n) is 4.48. The minimum atomic E-state index is -0.810. The van der Waals surface area contributed by atoms with E-state index >= 15 is 0 Å². The van der Waals surface area contributed by atoms with Crippen molar-refractivity contribution in [3.05, 3.63) is 11.9 Å². The molecule has 0 saturated carbocycles. The molecular weight excluding hydrogens is 202 g/mol. The zero-order valence-corrected chi connectivity index (χ0v) is 8.38. The molecule has 5 nitrogen and oxygen atoms in total. The smallest absolute Gasteiger partial charge is 0.324 e. The molecule has 1 aromatic heterocycles. The van der Waals surface area contributed by atoms with Crippen LogP contribution in [-0.2, 0) is 11.2 Å². The van der Waals surface area contributed by atoms with Gasteiger partial charge in [0.1, 0.15) is 5.54 Å². The van der Waals surface area contributed by atoms with Crippen LogP contribution in [0.5, 0.6) is 0 Å². The highest BCUT2D eigenvalue weighted by molar-refractivity contribution is 6.99. The fraction of sp³-hybridized carbons (Fsp3) is 0.625. The number of nitrogens with zero attached hydrogens (tertiary/aromatic N) is 2. The number of hydrogen-bond acceptors (Lipinski definition) is 5. The highest BCUT2D eigenvalue weighted by Crippen LogP contribution is 2.23. The fourth-order valence-electron chi connectivity index (χ4n) is 1.79. The molecule has 0 bridgehead atoms. The van der Waals surface area contributed by atoms with E-state index < -0.39 is 11.5 Å². The zero-order chi connectivity index (χ0) is 10.0. The van der Waals surface area contributed by atoms with E-state index in [4.69, 9.17) is 5.11 Å². The topological polar surface area (TPSA) is 75.1 Å². The van der Waals surface area contributed by atoms with E-state index in [0.717, 1.165) is 30.4 Å². The Labute approximate surface area is 85.5 Å². The Bertz CT molecular complexity index is 319. The number of aromatic nitrogens is 2. The van der Waals surface area contributed by atoms with Crippen molar-refractivity contribution in [2.75, 3.05) is 6.54 Å². The van der Waals surface area contributed by atoms with Crippen molar-refractivity contribution >= 4 is 17.7 Å². The van der Waals surface area contributed by atoms with Crippen LogP contribution >= 0.6 is 11.7 Å². The third kappa shape index (κ3) is 1.62. The number of aliphatic carboxylic acids is 1. The lowest BCUT2D eigenvalue weighted by Crippen LogP contribution is -2.49. The van der Waals surface area contributed by atoms with Crippen LogP contribution in [-0.4, -0.2) is 31.9 Å². The molecule has 2 rings (SSSR count). The van der Waals surface area contributed by atoms with E-state index in [2.05, 4.69) is 14.1 Å². The molecule has 6 heteroatoms. The number of carbonyl (C=O) groups is 1. The minimum absolute atomic E-state index is 0.429. The molecule has 0 radical (unpaired) electrons. The molecule has 2 heterocycles. The Morgan fingerprint density at radius 3 is 3.14 bits per heavy atom. The second kappa shape index (κ2) is 3.62. The predicted octanol–water partition coefficient (Wildman–Crippen LogP) is 0.287. The molecule has 1 aliphatic rings. The van der Waals surface area contributed by atoms with Crippen molar-refractivity contribution in [3.63, 3.8) is 0 Å². The van der Waals surface area contributed by atoms with Crippen molar-refractivity contribution in [1.82, 2.24) is 14.1 Å². The third-order valence-electron chi connectivity index (χ3n) is 2.54. The third-order valence-corrected chi connectivity index (χ3v) is 3.06. The lowest BCUT2D eigenvalue weighted by Gasteiger charge is -2.22. The van der Waals surface area contributed by atoms with Gasteiger partial charge < -0.3 is 10.4 Å². The van der Waals surface area contributed by atoms with E-state index in [1.165, 1.54) is 0 Å². The van der Waals surface area contributed by atoms with Gasteiger partial charge in [-0.1, -0.05) is 0 Å². The van der Waals surface area contributed by atoms with Crippen LogP contribution in [0.2, 0.25) is 0 Å². The monoisotopic (exact) mass is 213 g/mol. The number of carboxylic acid groups (broad SMARTS) is 1. The van der Waals surface area contributed by atoms with Gasteiger partial charge in [-0.15, -0.1) is 0 Å². The Kier molecular flexibility index (Phi) is 2.47. The van der Waals surface area contributed by atoms with Gasteiger partial charge in [0.15, 0.2) is 0 Å². The Morgan fingerprint density at radius 2 is 2.64 bits per heavy atom. The fourth-order valence-corrected chi connectivity index (χ4v) is 2.22. The van der Waals surface area contributed by atoms with Crippen LogP contribution in [0.15, 0.2) is 6.20 Å². The summed E-state index contributed by atoms with van der Waals surface area (Å²) in [5.74, 6) is -0.789. The van der Waals surface area contributed by atoms with Crippen LogP contribution in [0, 0.1) is 0 Å². The van der Waals surface area contributed by atoms with Gasteiger partial charge in [0.2, 0.25) is 0 Å². The number of hydrogen-bond donors (Lipinski definition) is 2. The Morgan fingerprint density at radius 1 is 1.79 bits per heavy atom. The predicted molar refractivity (Wildman–Crippen MR) is 51.2 cm³/mol. The number of carboxylic acids is 1. The molecule has 0 aliphatic carbocycles. The molecule has 1 atom stereocenters. The maximum atomic E-state index is 11.1. The van der Waals surface area contributed by atoms with Gasteiger partial charge in [-0.3, -0.25) is 4.79 Å². The van der Waals surface area contributed by atoms with Crippen molar-refractivity contribution in [3.8, 4) is 0 Å². The summed E-state index contributed by atoms with van der Waals surface area (Å²) in [4.78, 5) is 11.1. The number of nitrogens with one attached hydrogen (secondary N) is 1. The molecule has 0 spiro atoms. The van der Waals surface area contributed by atoms with Crippen molar-refractivity contribution < 1.29 is 9.90 Å². The van der Waals surface area contributed by atoms with Crippen molar-refractivity contribution in [2.45, 2.75) is 24.8 Å². The standard InChI is InChI=1S/C8H11N3O2S/c12-7(13)8(2-1-3-9-8)4-6-5-10-14-11-6/h5,9H,1-4H2,(H,12,13). The van der Waals surface area contributed by atoms with Gasteiger partial charge in [0.05, 0.1) is 23.6 Å². The van der Waals surface area contributed by atoms with Gasteiger partial charge in [0.25, 0.3) is 0 Å². The molecule has 1 aromatic rings. The summed E-state index contributed by atoms with van der Waals surface area (Å²) in [6.45, 7) is 0.768. The van der Waals surface area contributed by atoms with Gasteiger partial charge >= 0.3 is 5.97 Å². The Balaban J connectivity index is 2.16. The molecule has 1 aliphatic heterocycles. The van der Waals surface area contributed by atoms with Crippen molar-refractivity contribution in [1.29, 1.82) is 0 Å². The summed E-state index contributed by atoms with van der Waals surface area (Å²) in [5.41, 5.74) is -0.0535. The first-order chi connectivity index (χ1) is 6.73. The number of rotatable bonds is 3. The summed E-state index contributed by atoms with van der Waals surface area (Å²) in [6, 6.07) is 0. The molecule has 76 valence electrons. The summed E-state index contributed by atoms with van der Waals surface area (Å²) >= 11 is 1.11. The van der Waals surface area contributed by atoms with Gasteiger partial charge in [-0.2, -0.15) is 8.75 Å². The van der Waals surface area contributed by atoms with Crippen LogP contribution in [0.25, 0.3) is 0 Å². The lowest BCUT2D eigenvalue weighted by atomic mass is 9.92. The van der Waals surface area contributed by atoms with Crippen LogP contribution in [0.4, 0.5) is 0 Å². The van der Waals surface area contributed by atoms with E-state index in [9.17, 15) is 4.79 Å². The molecule has 0 amide bonds. The van der Waals surface area contributed by atoms with Crippen LogP contribution < -0.4 is 5.32 Å². The van der Waals surface area contributed by atoms with Crippen LogP contribution in [0.1, 0.15) is 18.5 Å². The summed E-state index contributed by atoms with van der Waals surface area (Å²) < 4.78 is 7.90. The van der Waals surface area contributed by atoms with E-state index in [1.54, 1.807) is 6.20 Å². The summed E-state index contributed by atoms with van der Waals surface area (Å²) in [7, 11) is 0. The van der Waals surface area contributed by atoms with Gasteiger partial charge in [-0.05, 0) is 19.4 Å². The minimum Gasteiger partial charge on any atom is -0.480 e. The molecular formula is C8H11N3O2S. The molecule has 1 saturated heterocycles. The highest BCUT2D eigenvalue weighted by Gasteiger charge is 2.41. The normalized spacial score (nSPS) is 26.6. The second-order valence-corrected chi connectivity index (χ2v) is 4.05. The van der Waals surface area contributed by atoms with E-state index in [-0.39, 0.29) is 0 Å². The average molecular weight is 213 g/mol. The van der Waals surface area contributed by atoms with E-state index in [1.807, 2.05) is 0 Å². The largest absolute Gasteiger partial charge is 0.480 e. The van der Waals surface area contributed by atoms with Gasteiger partial charge in [-0.25, -0.2) is 0 Å². The van der Waals surface area contributed by atoms with Gasteiger partial charge in [0, 0.05) is 6.42 Å². The maximum Gasteiger partial charge on any atom is 0.324 e. The van der Waals surface area contributed by atoms with Crippen molar-refractivity contribution in [2.24, 2.45) is 0 Å². The van der Waals surface area contributed by atoms with Crippen LogP contribution in [0.3, 0.4) is 0 Å². The molecule has 14 heavy (non-hydrogen) atoms. The second-order valence-electron chi connectivity index (χ2n) is 3.49. The quantitative estimate of drug-likeness (QED) is 0.754. The highest BCUT2D eigenvalue weighted by atomic mass is 32.1. The Hall–Kier alpha value is -1.01. The summed E-state index contributed by atoms with van der Waals surface area (Å²) in [6.07, 6.45) is 3.64. The maximum absolute atomic E-state index is 11.1.